The summed E-state index contributed by atoms with van der Waals surface area (Å²) in [6, 6.07) is 7.16. The lowest BCUT2D eigenvalue weighted by Crippen LogP contribution is -2.16. The van der Waals surface area contributed by atoms with Gasteiger partial charge in [0, 0.05) is 0 Å². The van der Waals surface area contributed by atoms with Crippen LogP contribution in [0.4, 0.5) is 0 Å². The average molecular weight is 289 g/mol. The summed E-state index contributed by atoms with van der Waals surface area (Å²) in [5.74, 6) is 0.180. The van der Waals surface area contributed by atoms with Crippen LogP contribution in [0.25, 0.3) is 0 Å². The van der Waals surface area contributed by atoms with E-state index in [2.05, 4.69) is 34.1 Å². The summed E-state index contributed by atoms with van der Waals surface area (Å²) in [6.45, 7) is 4.28. The van der Waals surface area contributed by atoms with Crippen molar-refractivity contribution in [3.63, 3.8) is 0 Å². The van der Waals surface area contributed by atoms with E-state index in [1.807, 2.05) is 6.07 Å². The second-order valence-electron chi connectivity index (χ2n) is 4.65. The van der Waals surface area contributed by atoms with E-state index in [4.69, 9.17) is 4.74 Å². The number of para-hydroxylation sites is 1. The molecule has 20 heavy (non-hydrogen) atoms. The van der Waals surface area contributed by atoms with Crippen LogP contribution in [-0.2, 0) is 0 Å². The van der Waals surface area contributed by atoms with Crippen molar-refractivity contribution in [2.75, 3.05) is 0 Å². The molecule has 0 aromatic heterocycles. The number of carbonyl (C=O) groups is 1. The Balaban J connectivity index is 2.77. The van der Waals surface area contributed by atoms with Crippen molar-refractivity contribution >= 4 is 16.3 Å². The zero-order chi connectivity index (χ0) is 14.8. The second kappa shape index (κ2) is 9.42. The number of hydrogen-bond acceptors (Lipinski definition) is 3. The standard InChI is InChI=1S/C15H21N2O2Si/c1-3-5-6-9-12(4-2)19-14-11-8-7-10-13(14)15(18)16-17-20/h7-8,10-12H,3-6,9H2,1-2H3. The Morgan fingerprint density at radius 3 is 2.70 bits per heavy atom. The van der Waals surface area contributed by atoms with Crippen molar-refractivity contribution in [3.8, 4) is 5.75 Å². The molecule has 0 aliphatic heterocycles. The van der Waals surface area contributed by atoms with E-state index in [1.54, 1.807) is 18.2 Å². The number of rotatable bonds is 8. The van der Waals surface area contributed by atoms with Crippen molar-refractivity contribution in [3.05, 3.63) is 29.8 Å². The summed E-state index contributed by atoms with van der Waals surface area (Å²) in [4.78, 5) is 11.8. The molecule has 0 bridgehead atoms. The second-order valence-corrected chi connectivity index (χ2v) is 4.85. The van der Waals surface area contributed by atoms with Crippen LogP contribution < -0.4 is 4.74 Å². The Morgan fingerprint density at radius 1 is 1.30 bits per heavy atom. The van der Waals surface area contributed by atoms with Gasteiger partial charge >= 0.3 is 0 Å². The molecule has 1 unspecified atom stereocenters. The van der Waals surface area contributed by atoms with Gasteiger partial charge in [-0.05, 0) is 31.4 Å². The zero-order valence-electron chi connectivity index (χ0n) is 12.1. The first kappa shape index (κ1) is 16.6. The van der Waals surface area contributed by atoms with Crippen LogP contribution in [0.15, 0.2) is 34.2 Å². The summed E-state index contributed by atoms with van der Waals surface area (Å²) in [7, 11) is 2.82. The van der Waals surface area contributed by atoms with Crippen LogP contribution in [0.5, 0.6) is 5.75 Å². The van der Waals surface area contributed by atoms with Crippen molar-refractivity contribution in [1.29, 1.82) is 0 Å². The van der Waals surface area contributed by atoms with Crippen LogP contribution >= 0.6 is 0 Å². The van der Waals surface area contributed by atoms with Gasteiger partial charge in [0.15, 0.2) is 0 Å². The third-order valence-electron chi connectivity index (χ3n) is 3.14. The number of hydrogen-bond donors (Lipinski definition) is 0. The lowest BCUT2D eigenvalue weighted by Gasteiger charge is -2.18. The van der Waals surface area contributed by atoms with Gasteiger partial charge in [0.1, 0.15) is 5.75 Å². The minimum absolute atomic E-state index is 0.135. The van der Waals surface area contributed by atoms with Crippen LogP contribution in [0.1, 0.15) is 56.3 Å². The summed E-state index contributed by atoms with van der Waals surface area (Å²) >= 11 is 0. The van der Waals surface area contributed by atoms with E-state index in [0.717, 1.165) is 19.3 Å². The van der Waals surface area contributed by atoms with Gasteiger partial charge < -0.3 is 4.74 Å². The van der Waals surface area contributed by atoms with Crippen LogP contribution in [0, 0.1) is 0 Å². The summed E-state index contributed by atoms with van der Waals surface area (Å²) in [5.41, 5.74) is 0.448. The largest absolute Gasteiger partial charge is 0.490 e. The maximum Gasteiger partial charge on any atom is 0.297 e. The SMILES string of the molecule is CCCCCC(CC)Oc1ccccc1C(=O)N=N[Si]. The Hall–Kier alpha value is -1.49. The molecule has 0 aliphatic rings. The van der Waals surface area contributed by atoms with Gasteiger partial charge in [-0.2, -0.15) is 0 Å². The number of benzene rings is 1. The van der Waals surface area contributed by atoms with Gasteiger partial charge in [-0.25, -0.2) is 4.78 Å². The highest BCUT2D eigenvalue weighted by Gasteiger charge is 2.15. The number of ether oxygens (including phenoxy) is 1. The smallest absolute Gasteiger partial charge is 0.297 e. The van der Waals surface area contributed by atoms with Crippen molar-refractivity contribution in [2.24, 2.45) is 9.89 Å². The van der Waals surface area contributed by atoms with E-state index in [0.29, 0.717) is 11.3 Å². The maximum absolute atomic E-state index is 11.8. The average Bonchev–Trinajstić information content (AvgIpc) is 2.47. The highest BCUT2D eigenvalue weighted by molar-refractivity contribution is 6.06. The van der Waals surface area contributed by atoms with E-state index in [1.165, 1.54) is 12.8 Å². The molecule has 0 heterocycles. The molecule has 1 aromatic rings. The molecule has 0 saturated heterocycles. The monoisotopic (exact) mass is 289 g/mol. The molecule has 4 nitrogen and oxygen atoms in total. The fourth-order valence-corrected chi connectivity index (χ4v) is 2.08. The Labute approximate surface area is 124 Å². The molecule has 1 aromatic carbocycles. The third-order valence-corrected chi connectivity index (χ3v) is 3.24. The van der Waals surface area contributed by atoms with E-state index < -0.39 is 5.91 Å². The molecule has 0 aliphatic carbocycles. The van der Waals surface area contributed by atoms with E-state index >= 15 is 0 Å². The van der Waals surface area contributed by atoms with Crippen molar-refractivity contribution < 1.29 is 9.53 Å². The molecule has 0 N–H and O–H groups in total. The van der Waals surface area contributed by atoms with Gasteiger partial charge in [-0.15, -0.1) is 5.11 Å². The van der Waals surface area contributed by atoms with Crippen molar-refractivity contribution in [1.82, 2.24) is 0 Å². The first-order valence-electron chi connectivity index (χ1n) is 7.10. The number of amides is 1. The zero-order valence-corrected chi connectivity index (χ0v) is 13.1. The molecular formula is C15H21N2O2Si. The fourth-order valence-electron chi connectivity index (χ4n) is 1.99. The summed E-state index contributed by atoms with van der Waals surface area (Å²) in [5, 5.41) is 3.48. The molecule has 3 radical (unpaired) electrons. The molecule has 1 amide bonds. The first-order valence-corrected chi connectivity index (χ1v) is 7.55. The first-order chi connectivity index (χ1) is 9.72. The topological polar surface area (TPSA) is 51.0 Å². The predicted molar refractivity (Wildman–Crippen MR) is 80.2 cm³/mol. The summed E-state index contributed by atoms with van der Waals surface area (Å²) < 4.78 is 9.31. The van der Waals surface area contributed by atoms with E-state index in [-0.39, 0.29) is 6.10 Å². The third kappa shape index (κ3) is 5.25. The highest BCUT2D eigenvalue weighted by atomic mass is 28.2. The normalized spacial score (nSPS) is 12.6. The van der Waals surface area contributed by atoms with Crippen LogP contribution in [-0.4, -0.2) is 22.4 Å². The lowest BCUT2D eigenvalue weighted by atomic mass is 10.1. The fraction of sp³-hybridized carbons (Fsp3) is 0.533. The molecule has 107 valence electrons. The highest BCUT2D eigenvalue weighted by Crippen LogP contribution is 2.23. The minimum atomic E-state index is -0.404. The molecule has 0 spiro atoms. The number of unbranched alkanes of at least 4 members (excludes halogenated alkanes) is 2. The molecule has 1 rings (SSSR count). The minimum Gasteiger partial charge on any atom is -0.490 e. The van der Waals surface area contributed by atoms with Gasteiger partial charge in [-0.1, -0.05) is 38.8 Å². The number of nitrogens with zero attached hydrogens (tertiary/aromatic N) is 2. The van der Waals surface area contributed by atoms with Crippen molar-refractivity contribution in [2.45, 2.75) is 52.1 Å². The molecular weight excluding hydrogens is 268 g/mol. The molecule has 0 saturated carbocycles. The Bertz CT molecular complexity index is 449. The maximum atomic E-state index is 11.8. The van der Waals surface area contributed by atoms with Gasteiger partial charge in [0.05, 0.1) is 11.7 Å². The quantitative estimate of drug-likeness (QED) is 0.411. The molecule has 1 atom stereocenters. The number of carbonyl (C=O) groups excluding carboxylic acids is 1. The Morgan fingerprint density at radius 2 is 2.05 bits per heavy atom. The van der Waals surface area contributed by atoms with Crippen LogP contribution in [0.3, 0.4) is 0 Å². The van der Waals surface area contributed by atoms with Crippen LogP contribution in [0.2, 0.25) is 0 Å². The van der Waals surface area contributed by atoms with Gasteiger partial charge in [0.25, 0.3) is 16.3 Å². The van der Waals surface area contributed by atoms with Gasteiger partial charge in [0.2, 0.25) is 0 Å². The summed E-state index contributed by atoms with van der Waals surface area (Å²) in [6.07, 6.45) is 5.61. The van der Waals surface area contributed by atoms with Gasteiger partial charge in [-0.3, -0.25) is 4.79 Å². The predicted octanol–water partition coefficient (Wildman–Crippen LogP) is 4.10. The molecule has 5 heteroatoms. The van der Waals surface area contributed by atoms with E-state index in [9.17, 15) is 4.79 Å². The molecule has 0 fully saturated rings. The Kier molecular flexibility index (Phi) is 7.80. The lowest BCUT2D eigenvalue weighted by molar-refractivity contribution is 0.0987.